The molecule has 1 saturated heterocycles. The van der Waals surface area contributed by atoms with Gasteiger partial charge in [0.05, 0.1) is 12.8 Å². The first kappa shape index (κ1) is 20.1. The number of piperidine rings is 1. The van der Waals surface area contributed by atoms with E-state index in [4.69, 9.17) is 27.9 Å². The fourth-order valence-corrected chi connectivity index (χ4v) is 4.13. The summed E-state index contributed by atoms with van der Waals surface area (Å²) in [5.41, 5.74) is 4.00. The van der Waals surface area contributed by atoms with E-state index >= 15 is 0 Å². The monoisotopic (exact) mass is 406 g/mol. The Hall–Kier alpha value is -1.62. The minimum atomic E-state index is -0.108. The molecule has 0 saturated carbocycles. The number of halogens is 2. The van der Waals surface area contributed by atoms with Gasteiger partial charge in [0, 0.05) is 34.3 Å². The van der Waals surface area contributed by atoms with E-state index in [1.807, 2.05) is 19.1 Å². The summed E-state index contributed by atoms with van der Waals surface area (Å²) in [7, 11) is 1.45. The molecule has 4 nitrogen and oxygen atoms in total. The number of esters is 1. The second-order valence-electron chi connectivity index (χ2n) is 7.16. The number of carbonyl (C=O) groups is 1. The molecule has 1 aliphatic heterocycles. The summed E-state index contributed by atoms with van der Waals surface area (Å²) in [6, 6.07) is 9.72. The van der Waals surface area contributed by atoms with Crippen LogP contribution >= 0.6 is 23.2 Å². The molecule has 0 spiro atoms. The summed E-state index contributed by atoms with van der Waals surface area (Å²) in [5, 5.41) is 1.21. The fraction of sp³-hybridized carbons (Fsp3) is 0.429. The quantitative estimate of drug-likeness (QED) is 0.644. The number of pyridine rings is 1. The average Bonchev–Trinajstić information content (AvgIpc) is 2.62. The van der Waals surface area contributed by atoms with Crippen molar-refractivity contribution in [2.75, 3.05) is 20.2 Å². The molecule has 1 fully saturated rings. The Morgan fingerprint density at radius 1 is 1.15 bits per heavy atom. The molecule has 27 heavy (non-hydrogen) atoms. The van der Waals surface area contributed by atoms with Crippen LogP contribution in [-0.2, 0) is 16.1 Å². The molecule has 6 heteroatoms. The van der Waals surface area contributed by atoms with Crippen molar-refractivity contribution in [1.82, 2.24) is 9.88 Å². The normalized spacial score (nSPS) is 15.7. The standard InChI is InChI=1S/C21H24Cl2N2O2/c1-14-7-16(8-20(24-14)17-10-18(22)12-19(23)11-17)13-25-5-3-15(4-6-25)9-21(26)27-2/h7-8,10-12,15H,3-6,9,13H2,1-2H3. The molecule has 0 N–H and O–H groups in total. The van der Waals surface area contributed by atoms with Crippen LogP contribution in [0.1, 0.15) is 30.5 Å². The van der Waals surface area contributed by atoms with E-state index < -0.39 is 0 Å². The molecule has 144 valence electrons. The first-order valence-corrected chi connectivity index (χ1v) is 9.91. The van der Waals surface area contributed by atoms with Crippen LogP contribution in [0.4, 0.5) is 0 Å². The van der Waals surface area contributed by atoms with Crippen molar-refractivity contribution in [1.29, 1.82) is 0 Å². The average molecular weight is 407 g/mol. The number of hydrogen-bond acceptors (Lipinski definition) is 4. The van der Waals surface area contributed by atoms with Gasteiger partial charge in [-0.3, -0.25) is 14.7 Å². The molecular weight excluding hydrogens is 383 g/mol. The first-order chi connectivity index (χ1) is 12.9. The van der Waals surface area contributed by atoms with E-state index in [1.54, 1.807) is 6.07 Å². The first-order valence-electron chi connectivity index (χ1n) is 9.16. The Morgan fingerprint density at radius 2 is 1.81 bits per heavy atom. The molecular formula is C21H24Cl2N2O2. The summed E-state index contributed by atoms with van der Waals surface area (Å²) in [6.07, 6.45) is 2.57. The molecule has 0 bridgehead atoms. The van der Waals surface area contributed by atoms with Crippen molar-refractivity contribution in [2.45, 2.75) is 32.7 Å². The highest BCUT2D eigenvalue weighted by molar-refractivity contribution is 6.35. The van der Waals surface area contributed by atoms with Gasteiger partial charge in [0.15, 0.2) is 0 Å². The van der Waals surface area contributed by atoms with Gasteiger partial charge in [-0.05, 0) is 74.7 Å². The largest absolute Gasteiger partial charge is 0.469 e. The predicted molar refractivity (Wildman–Crippen MR) is 109 cm³/mol. The minimum Gasteiger partial charge on any atom is -0.469 e. The maximum atomic E-state index is 11.4. The lowest BCUT2D eigenvalue weighted by Crippen LogP contribution is -2.34. The van der Waals surface area contributed by atoms with Crippen LogP contribution in [-0.4, -0.2) is 36.1 Å². The number of hydrogen-bond donors (Lipinski definition) is 0. The van der Waals surface area contributed by atoms with Crippen molar-refractivity contribution in [3.63, 3.8) is 0 Å². The second kappa shape index (κ2) is 9.05. The molecule has 0 atom stereocenters. The molecule has 1 aromatic heterocycles. The lowest BCUT2D eigenvalue weighted by atomic mass is 9.93. The Balaban J connectivity index is 1.68. The number of methoxy groups -OCH3 is 1. The zero-order valence-corrected chi connectivity index (χ0v) is 17.2. The molecule has 0 radical (unpaired) electrons. The van der Waals surface area contributed by atoms with Crippen LogP contribution in [0.3, 0.4) is 0 Å². The second-order valence-corrected chi connectivity index (χ2v) is 8.03. The van der Waals surface area contributed by atoms with E-state index in [1.165, 1.54) is 12.7 Å². The third-order valence-electron chi connectivity index (χ3n) is 4.97. The number of benzene rings is 1. The van der Waals surface area contributed by atoms with Gasteiger partial charge in [-0.1, -0.05) is 23.2 Å². The van der Waals surface area contributed by atoms with E-state index in [0.29, 0.717) is 22.4 Å². The van der Waals surface area contributed by atoms with Crippen LogP contribution in [0.2, 0.25) is 10.0 Å². The summed E-state index contributed by atoms with van der Waals surface area (Å²) < 4.78 is 4.78. The molecule has 1 aromatic carbocycles. The van der Waals surface area contributed by atoms with Crippen LogP contribution in [0.15, 0.2) is 30.3 Å². The van der Waals surface area contributed by atoms with E-state index in [9.17, 15) is 4.79 Å². The smallest absolute Gasteiger partial charge is 0.305 e. The Kier molecular flexibility index (Phi) is 6.74. The van der Waals surface area contributed by atoms with Gasteiger partial charge in [0.2, 0.25) is 0 Å². The highest BCUT2D eigenvalue weighted by Crippen LogP contribution is 2.28. The van der Waals surface area contributed by atoms with Gasteiger partial charge in [0.25, 0.3) is 0 Å². The molecule has 2 aromatic rings. The van der Waals surface area contributed by atoms with Crippen molar-refractivity contribution in [2.24, 2.45) is 5.92 Å². The highest BCUT2D eigenvalue weighted by atomic mass is 35.5. The lowest BCUT2D eigenvalue weighted by Gasteiger charge is -2.31. The minimum absolute atomic E-state index is 0.108. The van der Waals surface area contributed by atoms with Gasteiger partial charge in [-0.15, -0.1) is 0 Å². The lowest BCUT2D eigenvalue weighted by molar-refractivity contribution is -0.142. The zero-order chi connectivity index (χ0) is 19.4. The zero-order valence-electron chi connectivity index (χ0n) is 15.7. The molecule has 0 unspecified atom stereocenters. The summed E-state index contributed by atoms with van der Waals surface area (Å²) in [4.78, 5) is 18.5. The van der Waals surface area contributed by atoms with Crippen LogP contribution in [0, 0.1) is 12.8 Å². The summed E-state index contributed by atoms with van der Waals surface area (Å²) in [6.45, 7) is 4.85. The van der Waals surface area contributed by atoms with E-state index in [2.05, 4.69) is 22.0 Å². The Bertz CT molecular complexity index is 798. The van der Waals surface area contributed by atoms with Crippen LogP contribution < -0.4 is 0 Å². The third kappa shape index (κ3) is 5.68. The summed E-state index contributed by atoms with van der Waals surface area (Å²) >= 11 is 12.3. The van der Waals surface area contributed by atoms with Crippen molar-refractivity contribution >= 4 is 29.2 Å². The van der Waals surface area contributed by atoms with Crippen LogP contribution in [0.5, 0.6) is 0 Å². The Labute approximate surface area is 170 Å². The van der Waals surface area contributed by atoms with Crippen LogP contribution in [0.25, 0.3) is 11.3 Å². The van der Waals surface area contributed by atoms with Gasteiger partial charge < -0.3 is 4.74 Å². The molecule has 1 aliphatic rings. The number of likely N-dealkylation sites (tertiary alicyclic amines) is 1. The number of carbonyl (C=O) groups excluding carboxylic acids is 1. The molecule has 0 amide bonds. The van der Waals surface area contributed by atoms with Crippen molar-refractivity contribution < 1.29 is 9.53 Å². The Morgan fingerprint density at radius 3 is 2.44 bits per heavy atom. The van der Waals surface area contributed by atoms with E-state index in [0.717, 1.165) is 49.4 Å². The van der Waals surface area contributed by atoms with Gasteiger partial charge in [0.1, 0.15) is 0 Å². The number of aromatic nitrogens is 1. The maximum absolute atomic E-state index is 11.4. The number of ether oxygens (including phenoxy) is 1. The molecule has 0 aliphatic carbocycles. The SMILES string of the molecule is COC(=O)CC1CCN(Cc2cc(C)nc(-c3cc(Cl)cc(Cl)c3)c2)CC1. The molecule has 2 heterocycles. The third-order valence-corrected chi connectivity index (χ3v) is 5.40. The number of rotatable bonds is 5. The highest BCUT2D eigenvalue weighted by Gasteiger charge is 2.22. The van der Waals surface area contributed by atoms with Gasteiger partial charge in [-0.2, -0.15) is 0 Å². The number of nitrogens with zero attached hydrogens (tertiary/aromatic N) is 2. The fourth-order valence-electron chi connectivity index (χ4n) is 3.61. The number of aryl methyl sites for hydroxylation is 1. The van der Waals surface area contributed by atoms with Crippen molar-refractivity contribution in [3.05, 3.63) is 51.6 Å². The topological polar surface area (TPSA) is 42.4 Å². The maximum Gasteiger partial charge on any atom is 0.305 e. The molecule has 3 rings (SSSR count). The predicted octanol–water partition coefficient (Wildman–Crippen LogP) is 5.14. The van der Waals surface area contributed by atoms with Gasteiger partial charge >= 0.3 is 5.97 Å². The van der Waals surface area contributed by atoms with Crippen molar-refractivity contribution in [3.8, 4) is 11.3 Å². The summed E-state index contributed by atoms with van der Waals surface area (Å²) in [5.74, 6) is 0.320. The van der Waals surface area contributed by atoms with Gasteiger partial charge in [-0.25, -0.2) is 0 Å². The van der Waals surface area contributed by atoms with E-state index in [-0.39, 0.29) is 5.97 Å².